The van der Waals surface area contributed by atoms with Crippen molar-refractivity contribution in [3.05, 3.63) is 130 Å². The number of aromatic hydroxyl groups is 2. The topological polar surface area (TPSA) is 137 Å². The molecule has 2 N–H and O–H groups in total. The number of carbonyl (C=O) groups is 4. The van der Waals surface area contributed by atoms with Crippen LogP contribution in [0.5, 0.6) is 11.5 Å². The van der Waals surface area contributed by atoms with Gasteiger partial charge < -0.3 is 19.7 Å². The summed E-state index contributed by atoms with van der Waals surface area (Å²) in [6, 6.07) is 20.3. The number of nitrogens with zero attached hydrogens (tertiary/aromatic N) is 2. The van der Waals surface area contributed by atoms with Gasteiger partial charge >= 0.3 is 18.1 Å². The zero-order chi connectivity index (χ0) is 38.8. The van der Waals surface area contributed by atoms with Crippen LogP contribution in [0.3, 0.4) is 0 Å². The summed E-state index contributed by atoms with van der Waals surface area (Å²) >= 11 is 0. The van der Waals surface area contributed by atoms with E-state index in [-0.39, 0.29) is 35.8 Å². The summed E-state index contributed by atoms with van der Waals surface area (Å²) in [6.45, 7) is 5.38. The molecule has 0 radical (unpaired) electrons. The summed E-state index contributed by atoms with van der Waals surface area (Å²) in [4.78, 5) is 49.6. The number of hydrogen-bond acceptors (Lipinski definition) is 8. The highest BCUT2D eigenvalue weighted by molar-refractivity contribution is 6.06. The Hall–Kier alpha value is -6.37. The molecule has 0 saturated carbocycles. The number of rotatable bonds is 6. The highest BCUT2D eigenvalue weighted by Gasteiger charge is 2.31. The van der Waals surface area contributed by atoms with Crippen LogP contribution in [0, 0.1) is 20.8 Å². The van der Waals surface area contributed by atoms with E-state index in [2.05, 4.69) is 4.74 Å². The molecule has 0 fully saturated rings. The lowest BCUT2D eigenvalue weighted by atomic mass is 10.1. The van der Waals surface area contributed by atoms with E-state index in [9.17, 15) is 42.6 Å². The minimum atomic E-state index is -4.50. The zero-order valence-electron chi connectivity index (χ0n) is 29.4. The summed E-state index contributed by atoms with van der Waals surface area (Å²) in [7, 11) is 2.56. The van der Waals surface area contributed by atoms with Gasteiger partial charge in [-0.1, -0.05) is 17.7 Å². The lowest BCUT2D eigenvalue weighted by Crippen LogP contribution is -2.15. The van der Waals surface area contributed by atoms with E-state index < -0.39 is 29.6 Å². The van der Waals surface area contributed by atoms with Crippen LogP contribution in [0.2, 0.25) is 0 Å². The predicted molar refractivity (Wildman–Crippen MR) is 190 cm³/mol. The van der Waals surface area contributed by atoms with Gasteiger partial charge in [-0.05, 0) is 105 Å². The molecule has 53 heavy (non-hydrogen) atoms. The largest absolute Gasteiger partial charge is 0.508 e. The van der Waals surface area contributed by atoms with E-state index in [0.717, 1.165) is 29.8 Å². The van der Waals surface area contributed by atoms with Crippen molar-refractivity contribution >= 4 is 45.6 Å². The maximum atomic E-state index is 13.0. The first-order valence-electron chi connectivity index (χ1n) is 16.2. The molecule has 0 aliphatic heterocycles. The number of fused-ring (bicyclic) bond motifs is 2. The normalized spacial score (nSPS) is 11.2. The lowest BCUT2D eigenvalue weighted by Gasteiger charge is -2.10. The molecule has 2 heterocycles. The SMILES string of the molecule is COC(=O)Cc1c(C)n(C(=O)c2ccc(C(F)(F)F)cc2)c2ccc(O)cc12.COC(=O)Cc1c(C)n(C(=O)c2ccc(C)cc2)c2ccc(O)cc12. The van der Waals surface area contributed by atoms with Crippen LogP contribution in [-0.2, 0) is 38.1 Å². The van der Waals surface area contributed by atoms with Crippen LogP contribution in [-0.4, -0.2) is 57.3 Å². The zero-order valence-corrected chi connectivity index (χ0v) is 29.4. The number of aromatic nitrogens is 2. The number of methoxy groups -OCH3 is 2. The average molecular weight is 729 g/mol. The summed E-state index contributed by atoms with van der Waals surface area (Å²) in [6.07, 6.45) is -4.57. The Bertz CT molecular complexity index is 2370. The number of ether oxygens (including phenoxy) is 2. The first-order valence-corrected chi connectivity index (χ1v) is 16.2. The van der Waals surface area contributed by atoms with Crippen molar-refractivity contribution in [2.75, 3.05) is 14.2 Å². The van der Waals surface area contributed by atoms with Crippen LogP contribution in [0.15, 0.2) is 84.9 Å². The molecule has 4 aromatic carbocycles. The summed E-state index contributed by atoms with van der Waals surface area (Å²) in [5, 5.41) is 20.8. The van der Waals surface area contributed by atoms with E-state index in [0.29, 0.717) is 49.9 Å². The van der Waals surface area contributed by atoms with Gasteiger partial charge in [0.05, 0.1) is 43.7 Å². The predicted octanol–water partition coefficient (Wildman–Crippen LogP) is 7.45. The Morgan fingerprint density at radius 1 is 0.604 bits per heavy atom. The molecule has 274 valence electrons. The van der Waals surface area contributed by atoms with Gasteiger partial charge in [0, 0.05) is 33.3 Å². The van der Waals surface area contributed by atoms with E-state index in [1.54, 1.807) is 42.7 Å². The maximum Gasteiger partial charge on any atom is 0.416 e. The second kappa shape index (κ2) is 15.1. The molecular formula is C40H35F3N2O8. The standard InChI is InChI=1S/C20H16F3NO4.C20H19NO4/c1-11-15(10-18(26)28-2)16-9-14(25)7-8-17(16)24(11)19(27)12-3-5-13(6-4-12)20(21,22)23;1-12-4-6-14(7-5-12)20(24)21-13(2)16(11-19(23)25-3)17-10-15(22)8-9-18(17)21/h3-9,25H,10H2,1-2H3;4-10,22H,11H2,1-3H3. The molecule has 0 unspecified atom stereocenters. The van der Waals surface area contributed by atoms with E-state index >= 15 is 0 Å². The van der Waals surface area contributed by atoms with Crippen LogP contribution in [0.4, 0.5) is 13.2 Å². The number of esters is 2. The van der Waals surface area contributed by atoms with E-state index in [1.165, 1.54) is 43.1 Å². The number of alkyl halides is 3. The first-order chi connectivity index (χ1) is 25.0. The maximum absolute atomic E-state index is 13.0. The van der Waals surface area contributed by atoms with Crippen molar-refractivity contribution in [2.45, 2.75) is 39.8 Å². The molecule has 0 spiro atoms. The Morgan fingerprint density at radius 3 is 1.34 bits per heavy atom. The van der Waals surface area contributed by atoms with Crippen LogP contribution in [0.1, 0.15) is 54.4 Å². The van der Waals surface area contributed by atoms with E-state index in [4.69, 9.17) is 4.74 Å². The smallest absolute Gasteiger partial charge is 0.416 e. The van der Waals surface area contributed by atoms with Gasteiger partial charge in [-0.3, -0.25) is 28.3 Å². The van der Waals surface area contributed by atoms with Gasteiger partial charge in [0.2, 0.25) is 0 Å². The van der Waals surface area contributed by atoms with Crippen LogP contribution < -0.4 is 0 Å². The number of benzene rings is 4. The van der Waals surface area contributed by atoms with Gasteiger partial charge in [0.15, 0.2) is 0 Å². The molecule has 6 rings (SSSR count). The second-order valence-corrected chi connectivity index (χ2v) is 12.3. The third-order valence-corrected chi connectivity index (χ3v) is 8.90. The lowest BCUT2D eigenvalue weighted by molar-refractivity contribution is -0.140. The third-order valence-electron chi connectivity index (χ3n) is 8.90. The van der Waals surface area contributed by atoms with Gasteiger partial charge in [-0.2, -0.15) is 13.2 Å². The Kier molecular flexibility index (Phi) is 10.8. The molecule has 13 heteroatoms. The fraction of sp³-hybridized carbons (Fsp3) is 0.200. The molecule has 0 aliphatic carbocycles. The Morgan fingerprint density at radius 2 is 0.981 bits per heavy atom. The Labute approximate surface area is 301 Å². The van der Waals surface area contributed by atoms with Crippen molar-refractivity contribution in [3.63, 3.8) is 0 Å². The molecule has 0 atom stereocenters. The minimum absolute atomic E-state index is 0.0382. The van der Waals surface area contributed by atoms with E-state index in [1.807, 2.05) is 19.1 Å². The van der Waals surface area contributed by atoms with Gasteiger partial charge in [0.1, 0.15) is 11.5 Å². The van der Waals surface area contributed by atoms with Gasteiger partial charge in [0.25, 0.3) is 11.8 Å². The van der Waals surface area contributed by atoms with Crippen molar-refractivity contribution in [3.8, 4) is 11.5 Å². The fourth-order valence-electron chi connectivity index (χ4n) is 6.10. The van der Waals surface area contributed by atoms with Crippen LogP contribution >= 0.6 is 0 Å². The number of phenols is 2. The van der Waals surface area contributed by atoms with Crippen LogP contribution in [0.25, 0.3) is 21.8 Å². The second-order valence-electron chi connectivity index (χ2n) is 12.3. The monoisotopic (exact) mass is 728 g/mol. The molecule has 10 nitrogen and oxygen atoms in total. The molecule has 6 aromatic rings. The van der Waals surface area contributed by atoms with Crippen molar-refractivity contribution in [2.24, 2.45) is 0 Å². The number of carbonyl (C=O) groups excluding carboxylic acids is 4. The number of phenolic OH excluding ortho intramolecular Hbond substituents is 2. The summed E-state index contributed by atoms with van der Waals surface area (Å²) in [5.74, 6) is -1.60. The molecule has 2 aromatic heterocycles. The molecule has 0 amide bonds. The van der Waals surface area contributed by atoms with Gasteiger partial charge in [-0.25, -0.2) is 0 Å². The Balaban J connectivity index is 0.000000206. The fourth-order valence-corrected chi connectivity index (χ4v) is 6.10. The first kappa shape index (κ1) is 37.9. The molecular weight excluding hydrogens is 693 g/mol. The van der Waals surface area contributed by atoms with Crippen molar-refractivity contribution in [1.29, 1.82) is 0 Å². The molecule has 0 saturated heterocycles. The van der Waals surface area contributed by atoms with Crippen molar-refractivity contribution < 1.29 is 52.0 Å². The molecule has 0 bridgehead atoms. The highest BCUT2D eigenvalue weighted by Crippen LogP contribution is 2.33. The number of halogens is 3. The number of hydrogen-bond donors (Lipinski definition) is 2. The summed E-state index contributed by atoms with van der Waals surface area (Å²) < 4.78 is 50.6. The molecule has 0 aliphatic rings. The third kappa shape index (κ3) is 7.78. The minimum Gasteiger partial charge on any atom is -0.508 e. The quantitative estimate of drug-likeness (QED) is 0.169. The number of aryl methyl sites for hydroxylation is 1. The highest BCUT2D eigenvalue weighted by atomic mass is 19.4. The van der Waals surface area contributed by atoms with Gasteiger partial charge in [-0.15, -0.1) is 0 Å². The summed E-state index contributed by atoms with van der Waals surface area (Å²) in [5.41, 5.74) is 4.20. The average Bonchev–Trinajstić information content (AvgIpc) is 3.55. The van der Waals surface area contributed by atoms with Crippen molar-refractivity contribution in [1.82, 2.24) is 9.13 Å².